The average Bonchev–Trinajstić information content (AvgIpc) is 2.67. The molecule has 0 spiro atoms. The highest BCUT2D eigenvalue weighted by atomic mass is 19.3. The topological polar surface area (TPSA) is 21.3 Å². The lowest BCUT2D eigenvalue weighted by molar-refractivity contribution is -0.0500. The minimum Gasteiger partial charge on any atom is -0.435 e. The molecular weight excluding hydrogens is 219 g/mol. The van der Waals surface area contributed by atoms with Crippen LogP contribution in [0.4, 0.5) is 13.2 Å². The largest absolute Gasteiger partial charge is 0.435 e. The Morgan fingerprint density at radius 1 is 1.31 bits per heavy atom. The molecule has 88 valence electrons. The average molecular weight is 231 g/mol. The summed E-state index contributed by atoms with van der Waals surface area (Å²) in [4.78, 5) is 0. The van der Waals surface area contributed by atoms with Crippen molar-refractivity contribution in [1.29, 1.82) is 0 Å². The third-order valence-corrected chi connectivity index (χ3v) is 2.58. The predicted molar refractivity (Wildman–Crippen MR) is 53.0 cm³/mol. The Labute approximate surface area is 91.4 Å². The summed E-state index contributed by atoms with van der Waals surface area (Å²) in [6.45, 7) is -2.06. The first-order valence-corrected chi connectivity index (χ1v) is 5.14. The lowest BCUT2D eigenvalue weighted by Crippen LogP contribution is -2.13. The van der Waals surface area contributed by atoms with Crippen LogP contribution in [0.3, 0.4) is 0 Å². The molecule has 0 aromatic heterocycles. The quantitative estimate of drug-likeness (QED) is 0.863. The van der Waals surface area contributed by atoms with E-state index in [0.717, 1.165) is 25.5 Å². The number of ether oxygens (including phenoxy) is 1. The zero-order valence-electron chi connectivity index (χ0n) is 8.55. The summed E-state index contributed by atoms with van der Waals surface area (Å²) in [5.41, 5.74) is 0.660. The molecule has 0 amide bonds. The van der Waals surface area contributed by atoms with E-state index in [-0.39, 0.29) is 11.8 Å². The molecule has 1 aromatic rings. The Hall–Kier alpha value is -1.23. The minimum atomic E-state index is -2.92. The van der Waals surface area contributed by atoms with Crippen LogP contribution < -0.4 is 10.1 Å². The molecule has 1 aliphatic heterocycles. The van der Waals surface area contributed by atoms with Gasteiger partial charge in [-0.05, 0) is 37.1 Å². The van der Waals surface area contributed by atoms with E-state index >= 15 is 0 Å². The fraction of sp³-hybridized carbons (Fsp3) is 0.455. The lowest BCUT2D eigenvalue weighted by Gasteiger charge is -2.12. The summed E-state index contributed by atoms with van der Waals surface area (Å²) in [5.74, 6) is -0.680. The Morgan fingerprint density at radius 3 is 2.75 bits per heavy atom. The van der Waals surface area contributed by atoms with Gasteiger partial charge < -0.3 is 10.1 Å². The second-order valence-electron chi connectivity index (χ2n) is 3.75. The normalized spacial score (nSPS) is 20.4. The Balaban J connectivity index is 2.20. The van der Waals surface area contributed by atoms with Gasteiger partial charge in [-0.2, -0.15) is 8.78 Å². The highest BCUT2D eigenvalue weighted by Gasteiger charge is 2.18. The lowest BCUT2D eigenvalue weighted by atomic mass is 10.1. The molecule has 2 rings (SSSR count). The maximum absolute atomic E-state index is 13.2. The van der Waals surface area contributed by atoms with E-state index in [0.29, 0.717) is 5.56 Å². The van der Waals surface area contributed by atoms with Crippen LogP contribution in [-0.4, -0.2) is 13.2 Å². The smallest absolute Gasteiger partial charge is 0.387 e. The van der Waals surface area contributed by atoms with Crippen molar-refractivity contribution in [2.45, 2.75) is 25.5 Å². The van der Waals surface area contributed by atoms with E-state index in [1.54, 1.807) is 0 Å². The minimum absolute atomic E-state index is 0.0377. The van der Waals surface area contributed by atoms with Gasteiger partial charge in [0.1, 0.15) is 11.6 Å². The van der Waals surface area contributed by atoms with Gasteiger partial charge >= 0.3 is 6.61 Å². The van der Waals surface area contributed by atoms with Crippen molar-refractivity contribution in [3.63, 3.8) is 0 Å². The van der Waals surface area contributed by atoms with E-state index in [1.165, 1.54) is 12.1 Å². The zero-order chi connectivity index (χ0) is 11.5. The van der Waals surface area contributed by atoms with E-state index in [4.69, 9.17) is 0 Å². The highest BCUT2D eigenvalue weighted by Crippen LogP contribution is 2.27. The third-order valence-electron chi connectivity index (χ3n) is 2.58. The van der Waals surface area contributed by atoms with Crippen LogP contribution in [0.15, 0.2) is 18.2 Å². The molecule has 0 radical (unpaired) electrons. The second-order valence-corrected chi connectivity index (χ2v) is 3.75. The maximum atomic E-state index is 13.2. The van der Waals surface area contributed by atoms with Crippen molar-refractivity contribution in [2.75, 3.05) is 6.54 Å². The number of hydrogen-bond donors (Lipinski definition) is 1. The first-order chi connectivity index (χ1) is 7.65. The van der Waals surface area contributed by atoms with Gasteiger partial charge in [-0.15, -0.1) is 0 Å². The van der Waals surface area contributed by atoms with Crippen LogP contribution in [0, 0.1) is 5.82 Å². The molecule has 1 saturated heterocycles. The molecule has 0 saturated carbocycles. The SMILES string of the molecule is Fc1cc(OC(F)F)cc([C@H]2CCCN2)c1. The number of alkyl halides is 2. The van der Waals surface area contributed by atoms with Gasteiger partial charge in [0.05, 0.1) is 0 Å². The first kappa shape index (κ1) is 11.3. The predicted octanol–water partition coefficient (Wildman–Crippen LogP) is 2.85. The molecule has 0 bridgehead atoms. The van der Waals surface area contributed by atoms with Crippen molar-refractivity contribution in [1.82, 2.24) is 5.32 Å². The summed E-state index contributed by atoms with van der Waals surface area (Å²) < 4.78 is 41.4. The van der Waals surface area contributed by atoms with E-state index in [1.807, 2.05) is 0 Å². The molecule has 1 aliphatic rings. The van der Waals surface area contributed by atoms with Crippen LogP contribution in [-0.2, 0) is 0 Å². The second kappa shape index (κ2) is 4.74. The monoisotopic (exact) mass is 231 g/mol. The van der Waals surface area contributed by atoms with Crippen LogP contribution in [0.5, 0.6) is 5.75 Å². The van der Waals surface area contributed by atoms with Crippen LogP contribution in [0.1, 0.15) is 24.4 Å². The number of halogens is 3. The van der Waals surface area contributed by atoms with E-state index in [2.05, 4.69) is 10.1 Å². The zero-order valence-corrected chi connectivity index (χ0v) is 8.55. The summed E-state index contributed by atoms with van der Waals surface area (Å²) >= 11 is 0. The summed E-state index contributed by atoms with van der Waals surface area (Å²) in [7, 11) is 0. The van der Waals surface area contributed by atoms with Gasteiger partial charge in [0.25, 0.3) is 0 Å². The van der Waals surface area contributed by atoms with E-state index in [9.17, 15) is 13.2 Å². The van der Waals surface area contributed by atoms with Crippen LogP contribution >= 0.6 is 0 Å². The molecule has 2 nitrogen and oxygen atoms in total. The summed E-state index contributed by atoms with van der Waals surface area (Å²) in [6.07, 6.45) is 1.89. The molecule has 1 atom stereocenters. The number of hydrogen-bond acceptors (Lipinski definition) is 2. The van der Waals surface area contributed by atoms with Gasteiger partial charge in [0.2, 0.25) is 0 Å². The van der Waals surface area contributed by atoms with Gasteiger partial charge in [-0.3, -0.25) is 0 Å². The molecule has 1 aromatic carbocycles. The van der Waals surface area contributed by atoms with Gasteiger partial charge in [-0.1, -0.05) is 0 Å². The van der Waals surface area contributed by atoms with Crippen molar-refractivity contribution in [2.24, 2.45) is 0 Å². The Bertz CT molecular complexity index is 364. The standard InChI is InChI=1S/C11H12F3NO/c12-8-4-7(10-2-1-3-15-10)5-9(6-8)16-11(13)14/h4-6,10-11,15H,1-3H2/t10-/m1/s1. The summed E-state index contributed by atoms with van der Waals surface area (Å²) in [5, 5.41) is 3.17. The molecule has 1 fully saturated rings. The fourth-order valence-corrected chi connectivity index (χ4v) is 1.93. The van der Waals surface area contributed by atoms with Gasteiger partial charge in [0, 0.05) is 12.1 Å². The number of nitrogens with one attached hydrogen (secondary N) is 1. The third kappa shape index (κ3) is 2.66. The first-order valence-electron chi connectivity index (χ1n) is 5.14. The molecule has 16 heavy (non-hydrogen) atoms. The number of rotatable bonds is 3. The molecule has 1 N–H and O–H groups in total. The van der Waals surface area contributed by atoms with Crippen molar-refractivity contribution >= 4 is 0 Å². The Morgan fingerprint density at radius 2 is 2.12 bits per heavy atom. The molecule has 5 heteroatoms. The molecular formula is C11H12F3NO. The number of benzene rings is 1. The molecule has 0 unspecified atom stereocenters. The fourth-order valence-electron chi connectivity index (χ4n) is 1.93. The van der Waals surface area contributed by atoms with E-state index < -0.39 is 12.4 Å². The Kier molecular flexibility index (Phi) is 3.33. The highest BCUT2D eigenvalue weighted by molar-refractivity contribution is 5.32. The van der Waals surface area contributed by atoms with Gasteiger partial charge in [-0.25, -0.2) is 4.39 Å². The van der Waals surface area contributed by atoms with Crippen molar-refractivity contribution in [3.05, 3.63) is 29.6 Å². The molecule has 0 aliphatic carbocycles. The van der Waals surface area contributed by atoms with Crippen molar-refractivity contribution < 1.29 is 17.9 Å². The van der Waals surface area contributed by atoms with Gasteiger partial charge in [0.15, 0.2) is 0 Å². The summed E-state index contributed by atoms with van der Waals surface area (Å²) in [6, 6.07) is 3.81. The van der Waals surface area contributed by atoms with Crippen molar-refractivity contribution in [3.8, 4) is 5.75 Å². The molecule has 1 heterocycles. The van der Waals surface area contributed by atoms with Crippen LogP contribution in [0.2, 0.25) is 0 Å². The maximum Gasteiger partial charge on any atom is 0.387 e. The van der Waals surface area contributed by atoms with Crippen LogP contribution in [0.25, 0.3) is 0 Å².